The zero-order valence-electron chi connectivity index (χ0n) is 12.7. The zero-order chi connectivity index (χ0) is 16.3. The van der Waals surface area contributed by atoms with Gasteiger partial charge < -0.3 is 15.7 Å². The van der Waals surface area contributed by atoms with E-state index in [9.17, 15) is 19.1 Å². The Balaban J connectivity index is 2.58. The summed E-state index contributed by atoms with van der Waals surface area (Å²) in [5.74, 6) is -1.77. The van der Waals surface area contributed by atoms with E-state index in [2.05, 4.69) is 10.6 Å². The van der Waals surface area contributed by atoms with E-state index in [0.29, 0.717) is 0 Å². The molecule has 1 aromatic rings. The van der Waals surface area contributed by atoms with Gasteiger partial charge in [-0.25, -0.2) is 4.39 Å². The van der Waals surface area contributed by atoms with Crippen LogP contribution in [0.1, 0.15) is 38.1 Å². The quantitative estimate of drug-likeness (QED) is 0.764. The van der Waals surface area contributed by atoms with E-state index in [4.69, 9.17) is 0 Å². The fourth-order valence-electron chi connectivity index (χ4n) is 1.45. The first-order valence-corrected chi connectivity index (χ1v) is 6.61. The molecule has 0 spiro atoms. The molecule has 0 bridgehead atoms. The molecule has 0 radical (unpaired) electrons. The average Bonchev–Trinajstić information content (AvgIpc) is 2.34. The van der Waals surface area contributed by atoms with Gasteiger partial charge in [0, 0.05) is 0 Å². The Morgan fingerprint density at radius 3 is 2.29 bits per heavy atom. The SMILES string of the molecule is CC(C)(O)C(C)(C)NC(=O)CNC(=O)c1ccccc1F. The highest BCUT2D eigenvalue weighted by molar-refractivity contribution is 5.96. The van der Waals surface area contributed by atoms with Gasteiger partial charge in [0.1, 0.15) is 5.82 Å². The van der Waals surface area contributed by atoms with Gasteiger partial charge in [-0.05, 0) is 39.8 Å². The molecule has 6 heteroatoms. The molecule has 0 saturated carbocycles. The van der Waals surface area contributed by atoms with Crippen molar-refractivity contribution in [2.24, 2.45) is 0 Å². The number of carbonyl (C=O) groups excluding carboxylic acids is 2. The van der Waals surface area contributed by atoms with Crippen molar-refractivity contribution >= 4 is 11.8 Å². The predicted molar refractivity (Wildman–Crippen MR) is 77.3 cm³/mol. The number of hydrogen-bond donors (Lipinski definition) is 3. The second-order valence-electron chi connectivity index (χ2n) is 5.89. The van der Waals surface area contributed by atoms with E-state index in [1.807, 2.05) is 0 Å². The lowest BCUT2D eigenvalue weighted by Gasteiger charge is -2.38. The summed E-state index contributed by atoms with van der Waals surface area (Å²) >= 11 is 0. The van der Waals surface area contributed by atoms with Crippen molar-refractivity contribution < 1.29 is 19.1 Å². The Morgan fingerprint density at radius 2 is 1.76 bits per heavy atom. The molecule has 0 atom stereocenters. The summed E-state index contributed by atoms with van der Waals surface area (Å²) in [4.78, 5) is 23.5. The monoisotopic (exact) mass is 296 g/mol. The topological polar surface area (TPSA) is 78.4 Å². The number of carbonyl (C=O) groups is 2. The highest BCUT2D eigenvalue weighted by atomic mass is 19.1. The third kappa shape index (κ3) is 4.53. The molecule has 0 aromatic heterocycles. The van der Waals surface area contributed by atoms with E-state index >= 15 is 0 Å². The van der Waals surface area contributed by atoms with Crippen molar-refractivity contribution in [2.45, 2.75) is 38.8 Å². The molecule has 116 valence electrons. The molecule has 2 amide bonds. The van der Waals surface area contributed by atoms with Crippen LogP contribution in [0.4, 0.5) is 4.39 Å². The Kier molecular flexibility index (Phi) is 5.06. The molecule has 0 aliphatic rings. The molecule has 1 aromatic carbocycles. The van der Waals surface area contributed by atoms with E-state index in [1.165, 1.54) is 24.3 Å². The van der Waals surface area contributed by atoms with Gasteiger partial charge in [0.25, 0.3) is 5.91 Å². The highest BCUT2D eigenvalue weighted by Gasteiger charge is 2.36. The molecular formula is C15H21FN2O3. The fraction of sp³-hybridized carbons (Fsp3) is 0.467. The molecule has 0 aliphatic heterocycles. The van der Waals surface area contributed by atoms with Crippen LogP contribution in [0.3, 0.4) is 0 Å². The van der Waals surface area contributed by atoms with Gasteiger partial charge in [-0.15, -0.1) is 0 Å². The molecule has 5 nitrogen and oxygen atoms in total. The molecule has 21 heavy (non-hydrogen) atoms. The Morgan fingerprint density at radius 1 is 1.19 bits per heavy atom. The minimum atomic E-state index is -1.13. The predicted octanol–water partition coefficient (Wildman–Crippen LogP) is 1.22. The number of benzene rings is 1. The highest BCUT2D eigenvalue weighted by Crippen LogP contribution is 2.20. The summed E-state index contributed by atoms with van der Waals surface area (Å²) in [7, 11) is 0. The summed E-state index contributed by atoms with van der Waals surface area (Å²) in [5, 5.41) is 14.9. The van der Waals surface area contributed by atoms with Crippen LogP contribution in [-0.2, 0) is 4.79 Å². The molecule has 0 heterocycles. The van der Waals surface area contributed by atoms with E-state index in [1.54, 1.807) is 27.7 Å². The Bertz CT molecular complexity index is 536. The van der Waals surface area contributed by atoms with Crippen LogP contribution in [0, 0.1) is 5.82 Å². The fourth-order valence-corrected chi connectivity index (χ4v) is 1.45. The minimum Gasteiger partial charge on any atom is -0.388 e. The number of hydrogen-bond acceptors (Lipinski definition) is 3. The van der Waals surface area contributed by atoms with Gasteiger partial charge in [0.15, 0.2) is 0 Å². The maximum absolute atomic E-state index is 13.4. The molecule has 1 rings (SSSR count). The number of halogens is 1. The third-order valence-electron chi connectivity index (χ3n) is 3.51. The maximum Gasteiger partial charge on any atom is 0.254 e. The maximum atomic E-state index is 13.4. The van der Waals surface area contributed by atoms with Crippen LogP contribution in [0.25, 0.3) is 0 Å². The van der Waals surface area contributed by atoms with Crippen molar-refractivity contribution in [1.82, 2.24) is 10.6 Å². The van der Waals surface area contributed by atoms with Crippen LogP contribution in [0.5, 0.6) is 0 Å². The Hall–Kier alpha value is -1.95. The lowest BCUT2D eigenvalue weighted by Crippen LogP contribution is -2.59. The molecule has 0 saturated heterocycles. The lowest BCUT2D eigenvalue weighted by molar-refractivity contribution is -0.125. The van der Waals surface area contributed by atoms with Crippen LogP contribution in [0.2, 0.25) is 0 Å². The standard InChI is InChI=1S/C15H21FN2O3/c1-14(2,15(3,4)21)18-12(19)9-17-13(20)10-7-5-6-8-11(10)16/h5-8,21H,9H2,1-4H3,(H,17,20)(H,18,19). The second-order valence-corrected chi connectivity index (χ2v) is 5.89. The summed E-state index contributed by atoms with van der Waals surface area (Å²) < 4.78 is 13.4. The number of nitrogens with one attached hydrogen (secondary N) is 2. The number of aliphatic hydroxyl groups is 1. The van der Waals surface area contributed by atoms with Crippen LogP contribution in [-0.4, -0.2) is 34.6 Å². The third-order valence-corrected chi connectivity index (χ3v) is 3.51. The smallest absolute Gasteiger partial charge is 0.254 e. The first-order chi connectivity index (χ1) is 9.54. The van der Waals surface area contributed by atoms with E-state index in [-0.39, 0.29) is 12.1 Å². The van der Waals surface area contributed by atoms with E-state index < -0.39 is 28.8 Å². The van der Waals surface area contributed by atoms with Gasteiger partial charge >= 0.3 is 0 Å². The van der Waals surface area contributed by atoms with Gasteiger partial charge in [0.05, 0.1) is 23.2 Å². The zero-order valence-corrected chi connectivity index (χ0v) is 12.7. The Labute approximate surface area is 123 Å². The lowest BCUT2D eigenvalue weighted by atomic mass is 9.86. The van der Waals surface area contributed by atoms with Crippen molar-refractivity contribution in [3.8, 4) is 0 Å². The average molecular weight is 296 g/mol. The number of amides is 2. The summed E-state index contributed by atoms with van der Waals surface area (Å²) in [6.07, 6.45) is 0. The summed E-state index contributed by atoms with van der Waals surface area (Å²) in [5.41, 5.74) is -2.11. The minimum absolute atomic E-state index is 0.118. The largest absolute Gasteiger partial charge is 0.388 e. The number of rotatable bonds is 5. The molecule has 0 unspecified atom stereocenters. The van der Waals surface area contributed by atoms with Crippen LogP contribution < -0.4 is 10.6 Å². The first kappa shape index (κ1) is 17.1. The molecule has 0 fully saturated rings. The van der Waals surface area contributed by atoms with Crippen molar-refractivity contribution in [3.05, 3.63) is 35.6 Å². The normalized spacial score (nSPS) is 11.9. The first-order valence-electron chi connectivity index (χ1n) is 6.61. The van der Waals surface area contributed by atoms with Gasteiger partial charge in [0.2, 0.25) is 5.91 Å². The van der Waals surface area contributed by atoms with Crippen LogP contribution in [0.15, 0.2) is 24.3 Å². The van der Waals surface area contributed by atoms with Crippen molar-refractivity contribution in [1.29, 1.82) is 0 Å². The molecule has 3 N–H and O–H groups in total. The van der Waals surface area contributed by atoms with Gasteiger partial charge in [-0.2, -0.15) is 0 Å². The van der Waals surface area contributed by atoms with E-state index in [0.717, 1.165) is 0 Å². The van der Waals surface area contributed by atoms with Crippen molar-refractivity contribution in [2.75, 3.05) is 6.54 Å². The van der Waals surface area contributed by atoms with Gasteiger partial charge in [-0.3, -0.25) is 9.59 Å². The van der Waals surface area contributed by atoms with Crippen molar-refractivity contribution in [3.63, 3.8) is 0 Å². The van der Waals surface area contributed by atoms with Gasteiger partial charge in [-0.1, -0.05) is 12.1 Å². The summed E-state index contributed by atoms with van der Waals surface area (Å²) in [6, 6.07) is 5.52. The van der Waals surface area contributed by atoms with Crippen LogP contribution >= 0.6 is 0 Å². The summed E-state index contributed by atoms with van der Waals surface area (Å²) in [6.45, 7) is 6.19. The molecule has 0 aliphatic carbocycles. The second kappa shape index (κ2) is 6.22. The molecular weight excluding hydrogens is 275 g/mol.